The van der Waals surface area contributed by atoms with Crippen molar-refractivity contribution in [1.82, 2.24) is 0 Å². The molecule has 0 aromatic heterocycles. The number of halogens is 1. The quantitative estimate of drug-likeness (QED) is 0.839. The van der Waals surface area contributed by atoms with E-state index in [0.29, 0.717) is 22.7 Å². The highest BCUT2D eigenvalue weighted by Crippen LogP contribution is 2.20. The van der Waals surface area contributed by atoms with Crippen LogP contribution >= 0.6 is 11.6 Å². The van der Waals surface area contributed by atoms with Crippen LogP contribution in [0.5, 0.6) is 5.75 Å². The summed E-state index contributed by atoms with van der Waals surface area (Å²) in [5.74, 6) is 0.295. The van der Waals surface area contributed by atoms with Crippen molar-refractivity contribution in [3.05, 3.63) is 59.2 Å². The van der Waals surface area contributed by atoms with E-state index < -0.39 is 0 Å². The molecule has 0 radical (unpaired) electrons. The molecule has 2 aromatic rings. The number of carbonyl (C=O) groups excluding carboxylic acids is 1. The Hall–Kier alpha value is -2.00. The number of anilines is 1. The summed E-state index contributed by atoms with van der Waals surface area (Å²) in [5, 5.41) is 12.3. The van der Waals surface area contributed by atoms with Crippen LogP contribution in [-0.4, -0.2) is 11.0 Å². The summed E-state index contributed by atoms with van der Waals surface area (Å²) in [6.45, 7) is 1.75. The molecule has 0 aliphatic rings. The third kappa shape index (κ3) is 3.06. The van der Waals surface area contributed by atoms with Gasteiger partial charge >= 0.3 is 0 Å². The number of benzene rings is 2. The van der Waals surface area contributed by atoms with Crippen molar-refractivity contribution < 1.29 is 9.90 Å². The molecule has 0 saturated heterocycles. The number of carbonyl (C=O) groups is 1. The zero-order chi connectivity index (χ0) is 13.8. The molecule has 0 atom stereocenters. The Bertz CT molecular complexity index is 611. The monoisotopic (exact) mass is 275 g/mol. The predicted octanol–water partition coefficient (Wildman–Crippen LogP) is 3.69. The molecule has 0 spiro atoms. The Kier molecular flexibility index (Phi) is 4.07. The van der Waals surface area contributed by atoms with E-state index in [1.54, 1.807) is 19.1 Å². The van der Waals surface area contributed by atoms with E-state index in [0.717, 1.165) is 5.56 Å². The maximum atomic E-state index is 12.1. The average molecular weight is 276 g/mol. The SMILES string of the molecule is Cc1cc(C(=O)Nc2ccccc2CCl)ccc1O. The molecule has 98 valence electrons. The Labute approximate surface area is 116 Å². The number of hydrogen-bond donors (Lipinski definition) is 2. The van der Waals surface area contributed by atoms with Crippen LogP contribution in [0.15, 0.2) is 42.5 Å². The minimum atomic E-state index is -0.222. The van der Waals surface area contributed by atoms with Crippen LogP contribution in [0.2, 0.25) is 0 Å². The normalized spacial score (nSPS) is 10.2. The molecule has 0 unspecified atom stereocenters. The second-order valence-corrected chi connectivity index (χ2v) is 4.51. The first kappa shape index (κ1) is 13.4. The summed E-state index contributed by atoms with van der Waals surface area (Å²) >= 11 is 5.82. The Morgan fingerprint density at radius 3 is 2.68 bits per heavy atom. The Balaban J connectivity index is 2.23. The largest absolute Gasteiger partial charge is 0.508 e. The number of amides is 1. The molecule has 0 fully saturated rings. The molecule has 2 rings (SSSR count). The van der Waals surface area contributed by atoms with Crippen LogP contribution < -0.4 is 5.32 Å². The second-order valence-electron chi connectivity index (χ2n) is 4.25. The van der Waals surface area contributed by atoms with Crippen LogP contribution in [0.1, 0.15) is 21.5 Å². The number of aromatic hydroxyl groups is 1. The molecule has 0 bridgehead atoms. The number of rotatable bonds is 3. The fourth-order valence-electron chi connectivity index (χ4n) is 1.75. The van der Waals surface area contributed by atoms with Gasteiger partial charge in [-0.15, -0.1) is 11.6 Å². The first-order valence-electron chi connectivity index (χ1n) is 5.86. The first-order chi connectivity index (χ1) is 9.11. The minimum Gasteiger partial charge on any atom is -0.508 e. The molecule has 0 saturated carbocycles. The van der Waals surface area contributed by atoms with Gasteiger partial charge in [0.25, 0.3) is 5.91 Å². The smallest absolute Gasteiger partial charge is 0.255 e. The fourth-order valence-corrected chi connectivity index (χ4v) is 1.98. The highest BCUT2D eigenvalue weighted by Gasteiger charge is 2.09. The summed E-state index contributed by atoms with van der Waals surface area (Å²) in [6.07, 6.45) is 0. The van der Waals surface area contributed by atoms with E-state index in [1.807, 2.05) is 24.3 Å². The van der Waals surface area contributed by atoms with E-state index in [1.165, 1.54) is 6.07 Å². The average Bonchev–Trinajstić information content (AvgIpc) is 2.42. The van der Waals surface area contributed by atoms with Gasteiger partial charge in [-0.2, -0.15) is 0 Å². The van der Waals surface area contributed by atoms with Crippen LogP contribution in [0.3, 0.4) is 0 Å². The van der Waals surface area contributed by atoms with Gasteiger partial charge in [0, 0.05) is 17.1 Å². The highest BCUT2D eigenvalue weighted by molar-refractivity contribution is 6.17. The van der Waals surface area contributed by atoms with Gasteiger partial charge in [-0.25, -0.2) is 0 Å². The lowest BCUT2D eigenvalue weighted by Crippen LogP contribution is -2.13. The standard InChI is InChI=1S/C15H14ClNO2/c1-10-8-11(6-7-14(10)18)15(19)17-13-5-3-2-4-12(13)9-16/h2-8,18H,9H2,1H3,(H,17,19). The third-order valence-electron chi connectivity index (χ3n) is 2.87. The van der Waals surface area contributed by atoms with Crippen molar-refractivity contribution in [2.45, 2.75) is 12.8 Å². The van der Waals surface area contributed by atoms with Crippen LogP contribution in [0.25, 0.3) is 0 Å². The van der Waals surface area contributed by atoms with Gasteiger partial charge in [0.1, 0.15) is 5.75 Å². The number of hydrogen-bond acceptors (Lipinski definition) is 2. The number of phenols is 1. The van der Waals surface area contributed by atoms with Crippen molar-refractivity contribution >= 4 is 23.2 Å². The number of alkyl halides is 1. The zero-order valence-corrected chi connectivity index (χ0v) is 11.2. The molecule has 2 aromatic carbocycles. The summed E-state index contributed by atoms with van der Waals surface area (Å²) in [6, 6.07) is 12.1. The summed E-state index contributed by atoms with van der Waals surface area (Å²) in [4.78, 5) is 12.1. The molecule has 1 amide bonds. The van der Waals surface area contributed by atoms with Crippen molar-refractivity contribution in [3.8, 4) is 5.75 Å². The third-order valence-corrected chi connectivity index (χ3v) is 3.16. The highest BCUT2D eigenvalue weighted by atomic mass is 35.5. The summed E-state index contributed by atoms with van der Waals surface area (Å²) < 4.78 is 0. The molecule has 4 heteroatoms. The van der Waals surface area contributed by atoms with E-state index >= 15 is 0 Å². The molecule has 2 N–H and O–H groups in total. The Morgan fingerprint density at radius 1 is 1.26 bits per heavy atom. The van der Waals surface area contributed by atoms with Gasteiger partial charge in [-0.05, 0) is 42.3 Å². The fraction of sp³-hybridized carbons (Fsp3) is 0.133. The predicted molar refractivity (Wildman–Crippen MR) is 76.8 cm³/mol. The molecule has 0 aliphatic carbocycles. The molecule has 3 nitrogen and oxygen atoms in total. The van der Waals surface area contributed by atoms with Crippen LogP contribution in [-0.2, 0) is 5.88 Å². The molecule has 0 heterocycles. The molecule has 0 aliphatic heterocycles. The topological polar surface area (TPSA) is 49.3 Å². The zero-order valence-electron chi connectivity index (χ0n) is 10.5. The van der Waals surface area contributed by atoms with Crippen molar-refractivity contribution in [2.75, 3.05) is 5.32 Å². The lowest BCUT2D eigenvalue weighted by Gasteiger charge is -2.09. The second kappa shape index (κ2) is 5.76. The minimum absolute atomic E-state index is 0.178. The van der Waals surface area contributed by atoms with Crippen molar-refractivity contribution in [3.63, 3.8) is 0 Å². The van der Waals surface area contributed by atoms with Crippen LogP contribution in [0.4, 0.5) is 5.69 Å². The van der Waals surface area contributed by atoms with E-state index in [9.17, 15) is 9.90 Å². The van der Waals surface area contributed by atoms with Gasteiger partial charge in [-0.3, -0.25) is 4.79 Å². The van der Waals surface area contributed by atoms with Crippen molar-refractivity contribution in [1.29, 1.82) is 0 Å². The number of phenolic OH excluding ortho intramolecular Hbond substituents is 1. The van der Waals surface area contributed by atoms with Gasteiger partial charge in [0.2, 0.25) is 0 Å². The van der Waals surface area contributed by atoms with E-state index in [2.05, 4.69) is 5.32 Å². The van der Waals surface area contributed by atoms with E-state index in [4.69, 9.17) is 11.6 Å². The maximum Gasteiger partial charge on any atom is 0.255 e. The first-order valence-corrected chi connectivity index (χ1v) is 6.40. The van der Waals surface area contributed by atoms with Crippen LogP contribution in [0, 0.1) is 6.92 Å². The molecular formula is C15H14ClNO2. The Morgan fingerprint density at radius 2 is 2.00 bits per heavy atom. The van der Waals surface area contributed by atoms with Gasteiger partial charge in [-0.1, -0.05) is 18.2 Å². The number of nitrogens with one attached hydrogen (secondary N) is 1. The summed E-state index contributed by atoms with van der Waals surface area (Å²) in [5.41, 5.74) is 2.74. The summed E-state index contributed by atoms with van der Waals surface area (Å²) in [7, 11) is 0. The molecular weight excluding hydrogens is 262 g/mol. The van der Waals surface area contributed by atoms with Gasteiger partial charge in [0.15, 0.2) is 0 Å². The van der Waals surface area contributed by atoms with Gasteiger partial charge < -0.3 is 10.4 Å². The molecule has 19 heavy (non-hydrogen) atoms. The number of para-hydroxylation sites is 1. The number of aryl methyl sites for hydroxylation is 1. The van der Waals surface area contributed by atoms with Crippen molar-refractivity contribution in [2.24, 2.45) is 0 Å². The lowest BCUT2D eigenvalue weighted by molar-refractivity contribution is 0.102. The van der Waals surface area contributed by atoms with E-state index in [-0.39, 0.29) is 11.7 Å². The lowest BCUT2D eigenvalue weighted by atomic mass is 10.1. The maximum absolute atomic E-state index is 12.1. The van der Waals surface area contributed by atoms with Gasteiger partial charge in [0.05, 0.1) is 0 Å².